The van der Waals surface area contributed by atoms with E-state index in [4.69, 9.17) is 0 Å². The standard InChI is InChI=1S/C10H13N5O4/c16-7-3-12-9(18)15(7)6-4-13(5-6)10(19)14-2-1-11-8(14)17/h6H,1-5H2,(H,11,17)(H,12,18). The predicted molar refractivity (Wildman–Crippen MR) is 61.1 cm³/mol. The number of hydrogen-bond acceptors (Lipinski definition) is 4. The van der Waals surface area contributed by atoms with E-state index in [0.29, 0.717) is 13.1 Å². The number of urea groups is 3. The number of hydrogen-bond donors (Lipinski definition) is 2. The lowest BCUT2D eigenvalue weighted by atomic mass is 10.1. The molecule has 3 saturated heterocycles. The Labute approximate surface area is 108 Å². The molecule has 0 unspecified atom stereocenters. The minimum atomic E-state index is -0.416. The summed E-state index contributed by atoms with van der Waals surface area (Å²) in [6.45, 7) is 1.37. The molecule has 0 spiro atoms. The summed E-state index contributed by atoms with van der Waals surface area (Å²) in [4.78, 5) is 49.9. The minimum absolute atomic E-state index is 0.0117. The van der Waals surface area contributed by atoms with Gasteiger partial charge in [-0.1, -0.05) is 0 Å². The van der Waals surface area contributed by atoms with E-state index in [9.17, 15) is 19.2 Å². The van der Waals surface area contributed by atoms with Crippen LogP contribution >= 0.6 is 0 Å². The van der Waals surface area contributed by atoms with Gasteiger partial charge in [0, 0.05) is 26.2 Å². The molecule has 0 aromatic carbocycles. The molecular weight excluding hydrogens is 254 g/mol. The van der Waals surface area contributed by atoms with Gasteiger partial charge in [0.1, 0.15) is 0 Å². The molecule has 9 heteroatoms. The molecule has 0 saturated carbocycles. The molecule has 3 fully saturated rings. The first-order valence-corrected chi connectivity index (χ1v) is 6.02. The number of carbonyl (C=O) groups is 4. The number of nitrogens with one attached hydrogen (secondary N) is 2. The topological polar surface area (TPSA) is 102 Å². The second kappa shape index (κ2) is 4.11. The fourth-order valence-corrected chi connectivity index (χ4v) is 2.40. The molecule has 3 aliphatic rings. The highest BCUT2D eigenvalue weighted by atomic mass is 16.2. The Morgan fingerprint density at radius 2 is 1.84 bits per heavy atom. The highest BCUT2D eigenvalue weighted by molar-refractivity contribution is 6.02. The maximum absolute atomic E-state index is 11.9. The number of imide groups is 2. The van der Waals surface area contributed by atoms with Crippen molar-refractivity contribution in [3.63, 3.8) is 0 Å². The lowest BCUT2D eigenvalue weighted by molar-refractivity contribution is -0.128. The van der Waals surface area contributed by atoms with E-state index in [-0.39, 0.29) is 37.6 Å². The minimum Gasteiger partial charge on any atom is -0.336 e. The normalized spacial score (nSPS) is 23.6. The third kappa shape index (κ3) is 1.77. The summed E-state index contributed by atoms with van der Waals surface area (Å²) in [6, 6.07) is -1.48. The van der Waals surface area contributed by atoms with Gasteiger partial charge in [-0.15, -0.1) is 0 Å². The van der Waals surface area contributed by atoms with E-state index in [1.807, 2.05) is 0 Å². The molecule has 0 aliphatic carbocycles. The first-order valence-electron chi connectivity index (χ1n) is 6.02. The first-order chi connectivity index (χ1) is 9.08. The predicted octanol–water partition coefficient (Wildman–Crippen LogP) is -1.63. The van der Waals surface area contributed by atoms with E-state index in [1.54, 1.807) is 0 Å². The van der Waals surface area contributed by atoms with Gasteiger partial charge in [-0.3, -0.25) is 9.69 Å². The number of nitrogens with zero attached hydrogens (tertiary/aromatic N) is 3. The van der Waals surface area contributed by atoms with Crippen LogP contribution in [-0.2, 0) is 4.79 Å². The number of rotatable bonds is 1. The monoisotopic (exact) mass is 267 g/mol. The van der Waals surface area contributed by atoms with Crippen LogP contribution in [0.5, 0.6) is 0 Å². The second-order valence-electron chi connectivity index (χ2n) is 4.65. The Morgan fingerprint density at radius 3 is 2.37 bits per heavy atom. The van der Waals surface area contributed by atoms with Gasteiger partial charge < -0.3 is 15.5 Å². The molecule has 0 aromatic rings. The smallest absolute Gasteiger partial charge is 0.328 e. The van der Waals surface area contributed by atoms with E-state index in [2.05, 4.69) is 10.6 Å². The van der Waals surface area contributed by atoms with Crippen LogP contribution in [0.3, 0.4) is 0 Å². The van der Waals surface area contributed by atoms with Crippen LogP contribution in [-0.4, -0.2) is 77.5 Å². The molecule has 2 N–H and O–H groups in total. The number of carbonyl (C=O) groups excluding carboxylic acids is 4. The molecule has 0 radical (unpaired) electrons. The molecule has 7 amide bonds. The van der Waals surface area contributed by atoms with Gasteiger partial charge >= 0.3 is 18.1 Å². The van der Waals surface area contributed by atoms with Crippen LogP contribution in [0.2, 0.25) is 0 Å². The lowest BCUT2D eigenvalue weighted by Crippen LogP contribution is -2.64. The Balaban J connectivity index is 1.58. The number of amides is 7. The second-order valence-corrected chi connectivity index (χ2v) is 4.65. The highest BCUT2D eigenvalue weighted by Gasteiger charge is 2.44. The Kier molecular flexibility index (Phi) is 2.54. The summed E-state index contributed by atoms with van der Waals surface area (Å²) in [5.41, 5.74) is 0. The third-order valence-corrected chi connectivity index (χ3v) is 3.46. The molecule has 9 nitrogen and oxygen atoms in total. The fraction of sp³-hybridized carbons (Fsp3) is 0.600. The fourth-order valence-electron chi connectivity index (χ4n) is 2.40. The molecular formula is C10H13N5O4. The highest BCUT2D eigenvalue weighted by Crippen LogP contribution is 2.19. The Bertz CT molecular complexity index is 457. The molecule has 19 heavy (non-hydrogen) atoms. The third-order valence-electron chi connectivity index (χ3n) is 3.46. The summed E-state index contributed by atoms with van der Waals surface area (Å²) in [6.07, 6.45) is 0. The summed E-state index contributed by atoms with van der Waals surface area (Å²) in [5, 5.41) is 4.98. The van der Waals surface area contributed by atoms with Crippen molar-refractivity contribution in [1.82, 2.24) is 25.3 Å². The molecule has 102 valence electrons. The Morgan fingerprint density at radius 1 is 1.11 bits per heavy atom. The van der Waals surface area contributed by atoms with Crippen LogP contribution in [0.1, 0.15) is 0 Å². The van der Waals surface area contributed by atoms with Gasteiger partial charge in [-0.05, 0) is 0 Å². The first kappa shape index (κ1) is 11.8. The molecule has 3 aliphatic heterocycles. The zero-order valence-electron chi connectivity index (χ0n) is 10.1. The Hall–Kier alpha value is -2.32. The van der Waals surface area contributed by atoms with Crippen LogP contribution in [0.15, 0.2) is 0 Å². The summed E-state index contributed by atoms with van der Waals surface area (Å²) in [5.74, 6) is -0.277. The van der Waals surface area contributed by atoms with Crippen molar-refractivity contribution in [2.75, 3.05) is 32.7 Å². The van der Waals surface area contributed by atoms with Crippen molar-refractivity contribution in [3.8, 4) is 0 Å². The van der Waals surface area contributed by atoms with Crippen LogP contribution in [0.4, 0.5) is 14.4 Å². The van der Waals surface area contributed by atoms with Gasteiger partial charge in [-0.2, -0.15) is 0 Å². The van der Waals surface area contributed by atoms with Crippen molar-refractivity contribution < 1.29 is 19.2 Å². The molecule has 0 bridgehead atoms. The molecule has 0 atom stereocenters. The van der Waals surface area contributed by atoms with Crippen molar-refractivity contribution in [1.29, 1.82) is 0 Å². The van der Waals surface area contributed by atoms with Crippen LogP contribution < -0.4 is 10.6 Å². The van der Waals surface area contributed by atoms with Crippen molar-refractivity contribution >= 4 is 24.0 Å². The van der Waals surface area contributed by atoms with E-state index in [1.165, 1.54) is 4.90 Å². The van der Waals surface area contributed by atoms with Gasteiger partial charge in [-0.25, -0.2) is 19.3 Å². The molecule has 0 aromatic heterocycles. The zero-order chi connectivity index (χ0) is 13.6. The lowest BCUT2D eigenvalue weighted by Gasteiger charge is -2.43. The maximum atomic E-state index is 11.9. The van der Waals surface area contributed by atoms with Gasteiger partial charge in [0.25, 0.3) is 0 Å². The van der Waals surface area contributed by atoms with Gasteiger partial charge in [0.2, 0.25) is 5.91 Å². The zero-order valence-corrected chi connectivity index (χ0v) is 10.1. The largest absolute Gasteiger partial charge is 0.336 e. The molecule has 3 rings (SSSR count). The van der Waals surface area contributed by atoms with E-state index < -0.39 is 12.1 Å². The van der Waals surface area contributed by atoms with E-state index >= 15 is 0 Å². The quantitative estimate of drug-likeness (QED) is 0.557. The summed E-state index contributed by atoms with van der Waals surface area (Å²) in [7, 11) is 0. The average molecular weight is 267 g/mol. The van der Waals surface area contributed by atoms with E-state index in [0.717, 1.165) is 9.80 Å². The van der Waals surface area contributed by atoms with Crippen molar-refractivity contribution in [2.45, 2.75) is 6.04 Å². The van der Waals surface area contributed by atoms with Gasteiger partial charge in [0.15, 0.2) is 0 Å². The SMILES string of the molecule is O=C1NCCN1C(=O)N1CC(N2C(=O)CNC2=O)C1. The summed E-state index contributed by atoms with van der Waals surface area (Å²) < 4.78 is 0. The average Bonchev–Trinajstić information content (AvgIpc) is 2.87. The van der Waals surface area contributed by atoms with Crippen LogP contribution in [0.25, 0.3) is 0 Å². The van der Waals surface area contributed by atoms with Gasteiger partial charge in [0.05, 0.1) is 12.6 Å². The van der Waals surface area contributed by atoms with Crippen molar-refractivity contribution in [3.05, 3.63) is 0 Å². The summed E-state index contributed by atoms with van der Waals surface area (Å²) >= 11 is 0. The van der Waals surface area contributed by atoms with Crippen LogP contribution in [0, 0.1) is 0 Å². The maximum Gasteiger partial charge on any atom is 0.328 e. The van der Waals surface area contributed by atoms with Crippen molar-refractivity contribution in [2.24, 2.45) is 0 Å². The molecule has 3 heterocycles. The number of likely N-dealkylation sites (tertiary alicyclic amines) is 1.